The molecule has 90 valence electrons. The first kappa shape index (κ1) is 12.8. The molecular formula is C12H20N2O2. The predicted molar refractivity (Wildman–Crippen MR) is 62.7 cm³/mol. The van der Waals surface area contributed by atoms with Crippen LogP contribution in [0.1, 0.15) is 31.7 Å². The summed E-state index contributed by atoms with van der Waals surface area (Å²) in [5.74, 6) is -0.00495. The average Bonchev–Trinajstić information content (AvgIpc) is 2.77. The standard InChI is InChI=1S/C12H20N2O2/c1-3-4-5-11(13)12(15)14(2)8-10-6-7-16-9-10/h6-7,9,11H,3-5,8,13H2,1-2H3. The lowest BCUT2D eigenvalue weighted by molar-refractivity contribution is -0.132. The van der Waals surface area contributed by atoms with Crippen molar-refractivity contribution in [2.75, 3.05) is 7.05 Å². The second-order valence-electron chi connectivity index (χ2n) is 4.07. The molecule has 1 heterocycles. The Kier molecular flexibility index (Phi) is 5.05. The molecule has 16 heavy (non-hydrogen) atoms. The van der Waals surface area contributed by atoms with Crippen LogP contribution in [0.25, 0.3) is 0 Å². The molecule has 0 fully saturated rings. The van der Waals surface area contributed by atoms with E-state index in [2.05, 4.69) is 6.92 Å². The number of unbranched alkanes of at least 4 members (excludes halogenated alkanes) is 1. The number of hydrogen-bond acceptors (Lipinski definition) is 3. The van der Waals surface area contributed by atoms with Crippen molar-refractivity contribution in [1.29, 1.82) is 0 Å². The number of likely N-dealkylation sites (N-methyl/N-ethyl adjacent to an activating group) is 1. The molecular weight excluding hydrogens is 204 g/mol. The van der Waals surface area contributed by atoms with Crippen LogP contribution in [-0.2, 0) is 11.3 Å². The third-order valence-corrected chi connectivity index (χ3v) is 2.56. The number of amides is 1. The van der Waals surface area contributed by atoms with E-state index in [9.17, 15) is 4.79 Å². The van der Waals surface area contributed by atoms with Crippen molar-refractivity contribution in [3.05, 3.63) is 24.2 Å². The monoisotopic (exact) mass is 224 g/mol. The molecule has 1 rings (SSSR count). The zero-order valence-corrected chi connectivity index (χ0v) is 9.98. The number of rotatable bonds is 6. The van der Waals surface area contributed by atoms with E-state index >= 15 is 0 Å². The summed E-state index contributed by atoms with van der Waals surface area (Å²) < 4.78 is 4.95. The first-order valence-corrected chi connectivity index (χ1v) is 5.66. The van der Waals surface area contributed by atoms with Crippen LogP contribution in [0.3, 0.4) is 0 Å². The van der Waals surface area contributed by atoms with Gasteiger partial charge in [0.2, 0.25) is 5.91 Å². The van der Waals surface area contributed by atoms with E-state index in [0.29, 0.717) is 6.54 Å². The lowest BCUT2D eigenvalue weighted by Crippen LogP contribution is -2.41. The molecule has 0 aromatic carbocycles. The van der Waals surface area contributed by atoms with Gasteiger partial charge in [-0.25, -0.2) is 0 Å². The van der Waals surface area contributed by atoms with Crippen LogP contribution in [-0.4, -0.2) is 23.9 Å². The Bertz CT molecular complexity index is 309. The molecule has 1 atom stereocenters. The van der Waals surface area contributed by atoms with Gasteiger partial charge in [0.05, 0.1) is 18.6 Å². The lowest BCUT2D eigenvalue weighted by Gasteiger charge is -2.20. The molecule has 1 aromatic heterocycles. The predicted octanol–water partition coefficient (Wildman–Crippen LogP) is 1.76. The maximum Gasteiger partial charge on any atom is 0.239 e. The molecule has 2 N–H and O–H groups in total. The van der Waals surface area contributed by atoms with Crippen molar-refractivity contribution in [1.82, 2.24) is 4.90 Å². The van der Waals surface area contributed by atoms with Gasteiger partial charge in [0.1, 0.15) is 0 Å². The summed E-state index contributed by atoms with van der Waals surface area (Å²) in [6.07, 6.45) is 6.05. The van der Waals surface area contributed by atoms with Crippen molar-refractivity contribution in [3.8, 4) is 0 Å². The molecule has 0 aliphatic carbocycles. The van der Waals surface area contributed by atoms with Gasteiger partial charge in [-0.15, -0.1) is 0 Å². The van der Waals surface area contributed by atoms with Crippen LogP contribution < -0.4 is 5.73 Å². The van der Waals surface area contributed by atoms with Gasteiger partial charge in [-0.05, 0) is 12.5 Å². The third-order valence-electron chi connectivity index (χ3n) is 2.56. The summed E-state index contributed by atoms with van der Waals surface area (Å²) in [6, 6.07) is 1.47. The first-order chi connectivity index (χ1) is 7.65. The van der Waals surface area contributed by atoms with Crippen LogP contribution in [0, 0.1) is 0 Å². The van der Waals surface area contributed by atoms with Crippen LogP contribution in [0.15, 0.2) is 23.0 Å². The summed E-state index contributed by atoms with van der Waals surface area (Å²) in [5, 5.41) is 0. The molecule has 1 unspecified atom stereocenters. The Morgan fingerprint density at radius 1 is 1.62 bits per heavy atom. The zero-order valence-electron chi connectivity index (χ0n) is 9.98. The van der Waals surface area contributed by atoms with Crippen LogP contribution in [0.2, 0.25) is 0 Å². The number of furan rings is 1. The maximum absolute atomic E-state index is 11.8. The van der Waals surface area contributed by atoms with Crippen LogP contribution in [0.5, 0.6) is 0 Å². The fourth-order valence-electron chi connectivity index (χ4n) is 1.56. The highest BCUT2D eigenvalue weighted by atomic mass is 16.3. The Labute approximate surface area is 96.4 Å². The third kappa shape index (κ3) is 3.70. The van der Waals surface area contributed by atoms with Gasteiger partial charge in [0.25, 0.3) is 0 Å². The molecule has 0 radical (unpaired) electrons. The van der Waals surface area contributed by atoms with Crippen molar-refractivity contribution < 1.29 is 9.21 Å². The van der Waals surface area contributed by atoms with E-state index in [4.69, 9.17) is 10.2 Å². The summed E-state index contributed by atoms with van der Waals surface area (Å²) in [7, 11) is 1.77. The molecule has 0 bridgehead atoms. The molecule has 4 heteroatoms. The SMILES string of the molecule is CCCCC(N)C(=O)N(C)Cc1ccoc1. The fraction of sp³-hybridized carbons (Fsp3) is 0.583. The number of nitrogens with zero attached hydrogens (tertiary/aromatic N) is 1. The molecule has 1 aromatic rings. The van der Waals surface area contributed by atoms with Gasteiger partial charge in [0.15, 0.2) is 0 Å². The van der Waals surface area contributed by atoms with Crippen molar-refractivity contribution >= 4 is 5.91 Å². The largest absolute Gasteiger partial charge is 0.472 e. The van der Waals surface area contributed by atoms with Crippen LogP contribution >= 0.6 is 0 Å². The topological polar surface area (TPSA) is 59.5 Å². The summed E-state index contributed by atoms with van der Waals surface area (Å²) in [6.45, 7) is 2.64. The summed E-state index contributed by atoms with van der Waals surface area (Å²) >= 11 is 0. The average molecular weight is 224 g/mol. The van der Waals surface area contributed by atoms with Crippen molar-refractivity contribution in [2.45, 2.75) is 38.8 Å². The Morgan fingerprint density at radius 3 is 2.94 bits per heavy atom. The number of carbonyl (C=O) groups is 1. The van der Waals surface area contributed by atoms with Crippen molar-refractivity contribution in [2.24, 2.45) is 5.73 Å². The van der Waals surface area contributed by atoms with E-state index in [0.717, 1.165) is 24.8 Å². The zero-order chi connectivity index (χ0) is 12.0. The highest BCUT2D eigenvalue weighted by Crippen LogP contribution is 2.07. The number of carbonyl (C=O) groups excluding carboxylic acids is 1. The van der Waals surface area contributed by atoms with E-state index in [-0.39, 0.29) is 11.9 Å². The minimum Gasteiger partial charge on any atom is -0.472 e. The van der Waals surface area contributed by atoms with Crippen LogP contribution in [0.4, 0.5) is 0 Å². The van der Waals surface area contributed by atoms with E-state index < -0.39 is 0 Å². The highest BCUT2D eigenvalue weighted by molar-refractivity contribution is 5.81. The minimum absolute atomic E-state index is 0.00495. The lowest BCUT2D eigenvalue weighted by atomic mass is 10.1. The Hall–Kier alpha value is -1.29. The maximum atomic E-state index is 11.8. The molecule has 4 nitrogen and oxygen atoms in total. The molecule has 0 aliphatic heterocycles. The summed E-state index contributed by atoms with van der Waals surface area (Å²) in [4.78, 5) is 13.5. The Morgan fingerprint density at radius 2 is 2.38 bits per heavy atom. The van der Waals surface area contributed by atoms with Gasteiger partial charge in [-0.1, -0.05) is 19.8 Å². The molecule has 0 saturated heterocycles. The minimum atomic E-state index is -0.378. The number of nitrogens with two attached hydrogens (primary N) is 1. The van der Waals surface area contributed by atoms with E-state index in [1.807, 2.05) is 6.07 Å². The molecule has 0 saturated carbocycles. The van der Waals surface area contributed by atoms with Gasteiger partial charge >= 0.3 is 0 Å². The van der Waals surface area contributed by atoms with Gasteiger partial charge in [0, 0.05) is 19.2 Å². The fourth-order valence-corrected chi connectivity index (χ4v) is 1.56. The van der Waals surface area contributed by atoms with Gasteiger partial charge in [-0.2, -0.15) is 0 Å². The first-order valence-electron chi connectivity index (χ1n) is 5.66. The Balaban J connectivity index is 2.41. The van der Waals surface area contributed by atoms with Crippen molar-refractivity contribution in [3.63, 3.8) is 0 Å². The molecule has 0 aliphatic rings. The quantitative estimate of drug-likeness (QED) is 0.801. The molecule has 1 amide bonds. The smallest absolute Gasteiger partial charge is 0.239 e. The van der Waals surface area contributed by atoms with E-state index in [1.165, 1.54) is 0 Å². The highest BCUT2D eigenvalue weighted by Gasteiger charge is 2.17. The second-order valence-corrected chi connectivity index (χ2v) is 4.07. The summed E-state index contributed by atoms with van der Waals surface area (Å²) in [5.41, 5.74) is 6.80. The second kappa shape index (κ2) is 6.33. The van der Waals surface area contributed by atoms with Gasteiger partial charge < -0.3 is 15.1 Å². The molecule has 0 spiro atoms. The number of hydrogen-bond donors (Lipinski definition) is 1. The normalized spacial score (nSPS) is 12.4. The van der Waals surface area contributed by atoms with E-state index in [1.54, 1.807) is 24.5 Å². The van der Waals surface area contributed by atoms with Gasteiger partial charge in [-0.3, -0.25) is 4.79 Å².